The number of hydrogen-bond acceptors (Lipinski definition) is 3. The minimum absolute atomic E-state index is 0.803. The number of nitrogens with zero attached hydrogens (tertiary/aromatic N) is 1. The monoisotopic (exact) mass is 272 g/mol. The average Bonchev–Trinajstić information content (AvgIpc) is 2.86. The Kier molecular flexibility index (Phi) is 5.39. The van der Waals surface area contributed by atoms with Crippen LogP contribution in [0, 0.1) is 6.92 Å². The van der Waals surface area contributed by atoms with E-state index in [4.69, 9.17) is 4.42 Å². The lowest BCUT2D eigenvalue weighted by atomic mass is 10.1. The predicted molar refractivity (Wildman–Crippen MR) is 82.4 cm³/mol. The summed E-state index contributed by atoms with van der Waals surface area (Å²) in [7, 11) is 2.15. The second-order valence-corrected chi connectivity index (χ2v) is 5.25. The molecule has 0 saturated heterocycles. The van der Waals surface area contributed by atoms with Gasteiger partial charge in [0.05, 0.1) is 12.8 Å². The summed E-state index contributed by atoms with van der Waals surface area (Å²) in [6.07, 6.45) is 1.78. The Hall–Kier alpha value is -1.58. The van der Waals surface area contributed by atoms with E-state index in [0.717, 1.165) is 31.9 Å². The van der Waals surface area contributed by atoms with Gasteiger partial charge in [-0.1, -0.05) is 31.2 Å². The van der Waals surface area contributed by atoms with E-state index in [1.807, 2.05) is 0 Å². The van der Waals surface area contributed by atoms with Gasteiger partial charge in [0.25, 0.3) is 0 Å². The van der Waals surface area contributed by atoms with Crippen molar-refractivity contribution in [3.63, 3.8) is 0 Å². The van der Waals surface area contributed by atoms with Gasteiger partial charge < -0.3 is 9.73 Å². The smallest absolute Gasteiger partial charge is 0.122 e. The highest BCUT2D eigenvalue weighted by atomic mass is 16.3. The summed E-state index contributed by atoms with van der Waals surface area (Å²) in [5.41, 5.74) is 3.99. The van der Waals surface area contributed by atoms with E-state index >= 15 is 0 Å². The highest BCUT2D eigenvalue weighted by molar-refractivity contribution is 5.25. The van der Waals surface area contributed by atoms with E-state index in [-0.39, 0.29) is 0 Å². The quantitative estimate of drug-likeness (QED) is 0.838. The van der Waals surface area contributed by atoms with E-state index in [2.05, 4.69) is 61.4 Å². The molecule has 0 aliphatic heterocycles. The van der Waals surface area contributed by atoms with Crippen LogP contribution in [-0.4, -0.2) is 18.5 Å². The first-order valence-electron chi connectivity index (χ1n) is 7.19. The van der Waals surface area contributed by atoms with E-state index in [0.29, 0.717) is 0 Å². The van der Waals surface area contributed by atoms with Crippen molar-refractivity contribution in [2.24, 2.45) is 0 Å². The molecule has 0 atom stereocenters. The second-order valence-electron chi connectivity index (χ2n) is 5.25. The van der Waals surface area contributed by atoms with Crippen LogP contribution in [0.4, 0.5) is 0 Å². The van der Waals surface area contributed by atoms with Gasteiger partial charge in [0.1, 0.15) is 5.76 Å². The van der Waals surface area contributed by atoms with Gasteiger partial charge in [-0.25, -0.2) is 0 Å². The Balaban J connectivity index is 1.96. The number of furan rings is 1. The summed E-state index contributed by atoms with van der Waals surface area (Å²) < 4.78 is 5.55. The summed E-state index contributed by atoms with van der Waals surface area (Å²) >= 11 is 0. The molecule has 0 radical (unpaired) electrons. The van der Waals surface area contributed by atoms with Gasteiger partial charge >= 0.3 is 0 Å². The van der Waals surface area contributed by atoms with Crippen LogP contribution in [0.2, 0.25) is 0 Å². The van der Waals surface area contributed by atoms with Crippen LogP contribution in [0.25, 0.3) is 0 Å². The van der Waals surface area contributed by atoms with Crippen LogP contribution in [0.15, 0.2) is 41.0 Å². The normalized spacial score (nSPS) is 11.2. The maximum atomic E-state index is 5.55. The van der Waals surface area contributed by atoms with Crippen molar-refractivity contribution in [1.29, 1.82) is 0 Å². The Labute approximate surface area is 121 Å². The van der Waals surface area contributed by atoms with Crippen molar-refractivity contribution in [2.45, 2.75) is 33.5 Å². The van der Waals surface area contributed by atoms with Crippen molar-refractivity contribution >= 4 is 0 Å². The van der Waals surface area contributed by atoms with Gasteiger partial charge in [0.2, 0.25) is 0 Å². The maximum Gasteiger partial charge on any atom is 0.122 e. The molecule has 0 fully saturated rings. The van der Waals surface area contributed by atoms with Crippen molar-refractivity contribution in [3.8, 4) is 0 Å². The zero-order valence-electron chi connectivity index (χ0n) is 12.6. The molecule has 0 spiro atoms. The summed E-state index contributed by atoms with van der Waals surface area (Å²) in [5, 5.41) is 3.31. The highest BCUT2D eigenvalue weighted by Gasteiger charge is 2.09. The zero-order valence-corrected chi connectivity index (χ0v) is 12.6. The van der Waals surface area contributed by atoms with Crippen molar-refractivity contribution in [3.05, 3.63) is 59.0 Å². The first-order valence-corrected chi connectivity index (χ1v) is 7.19. The molecule has 1 aromatic carbocycles. The molecule has 0 aliphatic rings. The molecular formula is C17H24N2O. The molecule has 0 amide bonds. The Morgan fingerprint density at radius 1 is 1.10 bits per heavy atom. The number of nitrogens with one attached hydrogen (secondary N) is 1. The van der Waals surface area contributed by atoms with Gasteiger partial charge in [-0.2, -0.15) is 0 Å². The topological polar surface area (TPSA) is 28.4 Å². The van der Waals surface area contributed by atoms with Gasteiger partial charge in [0, 0.05) is 18.7 Å². The third kappa shape index (κ3) is 3.95. The van der Waals surface area contributed by atoms with Gasteiger partial charge in [0.15, 0.2) is 0 Å². The third-order valence-electron chi connectivity index (χ3n) is 3.52. The fourth-order valence-electron chi connectivity index (χ4n) is 2.33. The average molecular weight is 272 g/mol. The lowest BCUT2D eigenvalue weighted by Gasteiger charge is -2.18. The Morgan fingerprint density at radius 3 is 2.60 bits per heavy atom. The zero-order chi connectivity index (χ0) is 14.4. The van der Waals surface area contributed by atoms with E-state index in [1.165, 1.54) is 16.7 Å². The number of benzene rings is 1. The van der Waals surface area contributed by atoms with Crippen molar-refractivity contribution in [1.82, 2.24) is 10.2 Å². The van der Waals surface area contributed by atoms with Crippen LogP contribution < -0.4 is 5.32 Å². The molecule has 3 heteroatoms. The van der Waals surface area contributed by atoms with Crippen molar-refractivity contribution in [2.75, 3.05) is 13.6 Å². The molecular weight excluding hydrogens is 248 g/mol. The lowest BCUT2D eigenvalue weighted by molar-refractivity contribution is 0.314. The van der Waals surface area contributed by atoms with Crippen LogP contribution in [0.5, 0.6) is 0 Å². The molecule has 0 unspecified atom stereocenters. The predicted octanol–water partition coefficient (Wildman–Crippen LogP) is 3.33. The molecule has 1 N–H and O–H groups in total. The van der Waals surface area contributed by atoms with Gasteiger partial charge in [-0.3, -0.25) is 4.90 Å². The molecule has 0 aliphatic carbocycles. The molecule has 3 nitrogen and oxygen atoms in total. The van der Waals surface area contributed by atoms with Crippen LogP contribution in [-0.2, 0) is 19.6 Å². The molecule has 108 valence electrons. The number of rotatable bonds is 7. The summed E-state index contributed by atoms with van der Waals surface area (Å²) in [5.74, 6) is 1.04. The largest absolute Gasteiger partial charge is 0.468 e. The maximum absolute atomic E-state index is 5.55. The fraction of sp³-hybridized carbons (Fsp3) is 0.412. The second kappa shape index (κ2) is 7.27. The minimum atomic E-state index is 0.803. The van der Waals surface area contributed by atoms with E-state index < -0.39 is 0 Å². The molecule has 2 rings (SSSR count). The number of hydrogen-bond donors (Lipinski definition) is 1. The molecule has 1 aromatic heterocycles. The molecule has 20 heavy (non-hydrogen) atoms. The van der Waals surface area contributed by atoms with Crippen LogP contribution in [0.1, 0.15) is 29.4 Å². The van der Waals surface area contributed by atoms with E-state index in [9.17, 15) is 0 Å². The summed E-state index contributed by atoms with van der Waals surface area (Å²) in [6, 6.07) is 10.6. The molecule has 0 bridgehead atoms. The van der Waals surface area contributed by atoms with E-state index in [1.54, 1.807) is 6.26 Å². The van der Waals surface area contributed by atoms with Crippen LogP contribution in [0.3, 0.4) is 0 Å². The molecule has 2 aromatic rings. The fourth-order valence-corrected chi connectivity index (χ4v) is 2.33. The Morgan fingerprint density at radius 2 is 1.85 bits per heavy atom. The van der Waals surface area contributed by atoms with Gasteiger partial charge in [-0.15, -0.1) is 0 Å². The Bertz CT molecular complexity index is 533. The SMILES string of the molecule is CCNCc1occc1CN(C)Cc1ccccc1C. The lowest BCUT2D eigenvalue weighted by Crippen LogP contribution is -2.19. The van der Waals surface area contributed by atoms with Crippen molar-refractivity contribution < 1.29 is 4.42 Å². The summed E-state index contributed by atoms with van der Waals surface area (Å²) in [4.78, 5) is 2.32. The molecule has 0 saturated carbocycles. The highest BCUT2D eigenvalue weighted by Crippen LogP contribution is 2.15. The summed E-state index contributed by atoms with van der Waals surface area (Å²) in [6.45, 7) is 7.89. The molecule has 1 heterocycles. The number of aryl methyl sites for hydroxylation is 1. The first-order chi connectivity index (χ1) is 9.70. The standard InChI is InChI=1S/C17H24N2O/c1-4-18-11-17-16(9-10-20-17)13-19(3)12-15-8-6-5-7-14(15)2/h5-10,18H,4,11-13H2,1-3H3. The van der Waals surface area contributed by atoms with Gasteiger partial charge in [-0.05, 0) is 37.7 Å². The van der Waals surface area contributed by atoms with Crippen LogP contribution >= 0.6 is 0 Å². The first kappa shape index (κ1) is 14.8. The minimum Gasteiger partial charge on any atom is -0.468 e. The third-order valence-corrected chi connectivity index (χ3v) is 3.52.